The number of aryl methyl sites for hydroxylation is 1. The maximum Gasteiger partial charge on any atom is 0.226 e. The summed E-state index contributed by atoms with van der Waals surface area (Å²) in [5.41, 5.74) is 4.02. The summed E-state index contributed by atoms with van der Waals surface area (Å²) in [6.07, 6.45) is 0.555. The summed E-state index contributed by atoms with van der Waals surface area (Å²) in [5.74, 6) is 2.21. The summed E-state index contributed by atoms with van der Waals surface area (Å²) in [6, 6.07) is 17.5. The Morgan fingerprint density at radius 3 is 2.65 bits per heavy atom. The molecule has 2 heterocycles. The topological polar surface area (TPSA) is 71.8 Å². The Labute approximate surface area is 150 Å². The zero-order valence-corrected chi connectivity index (χ0v) is 14.6. The average Bonchev–Trinajstić information content (AvgIpc) is 3.24. The van der Waals surface area contributed by atoms with Crippen LogP contribution >= 0.6 is 0 Å². The van der Waals surface area contributed by atoms with Crippen molar-refractivity contribution in [2.45, 2.75) is 20.3 Å². The largest absolute Gasteiger partial charge is 0.461 e. The third-order valence-corrected chi connectivity index (χ3v) is 4.39. The van der Waals surface area contributed by atoms with Gasteiger partial charge in [-0.1, -0.05) is 23.4 Å². The summed E-state index contributed by atoms with van der Waals surface area (Å²) in [7, 11) is 0. The second kappa shape index (κ2) is 6.52. The van der Waals surface area contributed by atoms with Crippen molar-refractivity contribution < 1.29 is 14.0 Å². The fraction of sp³-hybridized carbons (Fsp3) is 0.143. The highest BCUT2D eigenvalue weighted by atomic mass is 16.4. The van der Waals surface area contributed by atoms with Gasteiger partial charge in [0.15, 0.2) is 0 Å². The van der Waals surface area contributed by atoms with Crippen LogP contribution in [0.25, 0.3) is 22.4 Å². The van der Waals surface area contributed by atoms with Crippen molar-refractivity contribution in [2.75, 3.05) is 0 Å². The summed E-state index contributed by atoms with van der Waals surface area (Å²) in [5, 5.41) is 13.1. The molecule has 0 saturated heterocycles. The lowest BCUT2D eigenvalue weighted by Gasteiger charge is -1.97. The van der Waals surface area contributed by atoms with Crippen molar-refractivity contribution in [2.24, 2.45) is 5.16 Å². The molecular weight excluding hydrogens is 328 g/mol. The standard InChI is InChI=1S/C21H18N2O3/c1-13(23-24)16-8-9-20-17(10-16)11-18(26-20)12-19-14(2)25-21(22-19)15-6-4-3-5-7-15/h3-11,24H,12H2,1-2H3/b23-13+. The summed E-state index contributed by atoms with van der Waals surface area (Å²) < 4.78 is 11.7. The molecule has 2 aromatic carbocycles. The van der Waals surface area contributed by atoms with Gasteiger partial charge in [-0.15, -0.1) is 0 Å². The number of fused-ring (bicyclic) bond motifs is 1. The van der Waals surface area contributed by atoms with Crippen LogP contribution in [0.4, 0.5) is 0 Å². The van der Waals surface area contributed by atoms with Crippen molar-refractivity contribution in [1.29, 1.82) is 0 Å². The third kappa shape index (κ3) is 2.99. The highest BCUT2D eigenvalue weighted by Gasteiger charge is 2.14. The second-order valence-corrected chi connectivity index (χ2v) is 6.22. The van der Waals surface area contributed by atoms with E-state index in [1.165, 1.54) is 0 Å². The fourth-order valence-electron chi connectivity index (χ4n) is 2.93. The van der Waals surface area contributed by atoms with Crippen LogP contribution in [0, 0.1) is 6.92 Å². The van der Waals surface area contributed by atoms with E-state index < -0.39 is 0 Å². The van der Waals surface area contributed by atoms with E-state index in [9.17, 15) is 0 Å². The first-order valence-corrected chi connectivity index (χ1v) is 8.37. The van der Waals surface area contributed by atoms with Gasteiger partial charge >= 0.3 is 0 Å². The molecule has 0 bridgehead atoms. The van der Waals surface area contributed by atoms with Gasteiger partial charge in [0.25, 0.3) is 0 Å². The molecule has 0 radical (unpaired) electrons. The number of aromatic nitrogens is 1. The van der Waals surface area contributed by atoms with Crippen molar-refractivity contribution in [3.8, 4) is 11.5 Å². The lowest BCUT2D eigenvalue weighted by atomic mass is 10.1. The molecule has 0 fully saturated rings. The number of oxazole rings is 1. The molecule has 5 nitrogen and oxygen atoms in total. The minimum atomic E-state index is 0.555. The van der Waals surface area contributed by atoms with Crippen LogP contribution < -0.4 is 0 Å². The number of hydrogen-bond donors (Lipinski definition) is 1. The number of benzene rings is 2. The van der Waals surface area contributed by atoms with E-state index in [-0.39, 0.29) is 0 Å². The molecule has 4 aromatic rings. The van der Waals surface area contributed by atoms with Gasteiger partial charge in [0.05, 0.1) is 17.8 Å². The first kappa shape index (κ1) is 16.1. The Balaban J connectivity index is 1.64. The van der Waals surface area contributed by atoms with Crippen LogP contribution in [-0.2, 0) is 6.42 Å². The van der Waals surface area contributed by atoms with Crippen molar-refractivity contribution >= 4 is 16.7 Å². The van der Waals surface area contributed by atoms with E-state index in [0.29, 0.717) is 18.0 Å². The van der Waals surface area contributed by atoms with Crippen molar-refractivity contribution in [3.05, 3.63) is 77.4 Å². The highest BCUT2D eigenvalue weighted by molar-refractivity contribution is 6.01. The van der Waals surface area contributed by atoms with Crippen LogP contribution in [0.3, 0.4) is 0 Å². The molecule has 0 atom stereocenters. The Morgan fingerprint density at radius 2 is 1.88 bits per heavy atom. The van der Waals surface area contributed by atoms with Gasteiger partial charge in [-0.3, -0.25) is 0 Å². The molecule has 2 aromatic heterocycles. The quantitative estimate of drug-likeness (QED) is 0.314. The van der Waals surface area contributed by atoms with Gasteiger partial charge in [-0.05, 0) is 55.8 Å². The van der Waals surface area contributed by atoms with E-state index in [0.717, 1.165) is 39.3 Å². The molecule has 0 spiro atoms. The van der Waals surface area contributed by atoms with Gasteiger partial charge in [0.2, 0.25) is 5.89 Å². The van der Waals surface area contributed by atoms with Gasteiger partial charge in [-0.2, -0.15) is 0 Å². The maximum atomic E-state index is 8.93. The monoisotopic (exact) mass is 346 g/mol. The number of oxime groups is 1. The molecule has 5 heteroatoms. The van der Waals surface area contributed by atoms with E-state index in [4.69, 9.17) is 14.0 Å². The Morgan fingerprint density at radius 1 is 1.08 bits per heavy atom. The normalized spacial score (nSPS) is 12.0. The predicted molar refractivity (Wildman–Crippen MR) is 99.7 cm³/mol. The summed E-state index contributed by atoms with van der Waals surface area (Å²) in [6.45, 7) is 3.67. The van der Waals surface area contributed by atoms with E-state index in [1.807, 2.05) is 61.5 Å². The minimum absolute atomic E-state index is 0.555. The van der Waals surface area contributed by atoms with Crippen LogP contribution in [0.2, 0.25) is 0 Å². The zero-order valence-electron chi connectivity index (χ0n) is 14.6. The Bertz CT molecular complexity index is 1090. The lowest BCUT2D eigenvalue weighted by molar-refractivity contribution is 0.319. The number of rotatable bonds is 4. The van der Waals surface area contributed by atoms with E-state index >= 15 is 0 Å². The van der Waals surface area contributed by atoms with Crippen LogP contribution in [0.15, 0.2) is 68.6 Å². The number of furan rings is 1. The molecule has 130 valence electrons. The van der Waals surface area contributed by atoms with Gasteiger partial charge in [0, 0.05) is 10.9 Å². The average molecular weight is 346 g/mol. The molecule has 0 saturated carbocycles. The first-order valence-electron chi connectivity index (χ1n) is 8.37. The van der Waals surface area contributed by atoms with Crippen molar-refractivity contribution in [3.63, 3.8) is 0 Å². The van der Waals surface area contributed by atoms with Gasteiger partial charge in [0.1, 0.15) is 17.1 Å². The van der Waals surface area contributed by atoms with E-state index in [2.05, 4.69) is 10.1 Å². The Kier molecular flexibility index (Phi) is 4.05. The van der Waals surface area contributed by atoms with Crippen LogP contribution in [-0.4, -0.2) is 15.9 Å². The van der Waals surface area contributed by atoms with Gasteiger partial charge in [-0.25, -0.2) is 4.98 Å². The smallest absolute Gasteiger partial charge is 0.226 e. The molecule has 0 amide bonds. The number of hydrogen-bond acceptors (Lipinski definition) is 5. The molecule has 0 aliphatic carbocycles. The Hall–Kier alpha value is -3.34. The van der Waals surface area contributed by atoms with Crippen molar-refractivity contribution in [1.82, 2.24) is 4.98 Å². The fourth-order valence-corrected chi connectivity index (χ4v) is 2.93. The van der Waals surface area contributed by atoms with Crippen LogP contribution in [0.1, 0.15) is 29.7 Å². The lowest BCUT2D eigenvalue weighted by Crippen LogP contribution is -1.92. The summed E-state index contributed by atoms with van der Waals surface area (Å²) in [4.78, 5) is 4.63. The predicted octanol–water partition coefficient (Wildman–Crippen LogP) is 5.19. The second-order valence-electron chi connectivity index (χ2n) is 6.22. The van der Waals surface area contributed by atoms with E-state index in [1.54, 1.807) is 6.92 Å². The molecule has 0 aliphatic rings. The SMILES string of the molecule is C/C(=N\O)c1ccc2oc(Cc3nc(-c4ccccc4)oc3C)cc2c1. The maximum absolute atomic E-state index is 8.93. The van der Waals surface area contributed by atoms with Crippen LogP contribution in [0.5, 0.6) is 0 Å². The molecule has 0 aliphatic heterocycles. The number of nitrogens with zero attached hydrogens (tertiary/aromatic N) is 2. The minimum Gasteiger partial charge on any atom is -0.461 e. The third-order valence-electron chi connectivity index (χ3n) is 4.39. The zero-order chi connectivity index (χ0) is 18.1. The highest BCUT2D eigenvalue weighted by Crippen LogP contribution is 2.26. The molecule has 26 heavy (non-hydrogen) atoms. The molecule has 4 rings (SSSR count). The molecular formula is C21H18N2O3. The first-order chi connectivity index (χ1) is 12.6. The summed E-state index contributed by atoms with van der Waals surface area (Å²) >= 11 is 0. The van der Waals surface area contributed by atoms with Gasteiger partial charge < -0.3 is 14.0 Å². The molecule has 0 unspecified atom stereocenters. The molecule has 1 N–H and O–H groups in total.